The summed E-state index contributed by atoms with van der Waals surface area (Å²) in [5, 5.41) is 4.24. The van der Waals surface area contributed by atoms with Gasteiger partial charge in [0, 0.05) is 56.4 Å². The zero-order chi connectivity index (χ0) is 19.3. The Morgan fingerprint density at radius 3 is 2.71 bits per heavy atom. The quantitative estimate of drug-likeness (QED) is 0.676. The molecule has 1 aliphatic heterocycles. The summed E-state index contributed by atoms with van der Waals surface area (Å²) in [7, 11) is 0. The van der Waals surface area contributed by atoms with Crippen LogP contribution in [-0.2, 0) is 13.1 Å². The lowest BCUT2D eigenvalue weighted by atomic mass is 10.1. The van der Waals surface area contributed by atoms with Crippen molar-refractivity contribution in [2.75, 3.05) is 26.2 Å². The first-order valence-electron chi connectivity index (χ1n) is 9.71. The Labute approximate surface area is 164 Å². The molecule has 146 valence electrons. The minimum Gasteiger partial charge on any atom is -0.337 e. The summed E-state index contributed by atoms with van der Waals surface area (Å²) in [5.41, 5.74) is 1.72. The minimum absolute atomic E-state index is 0.0933. The highest BCUT2D eigenvalue weighted by atomic mass is 16.2. The number of carbonyl (C=O) groups is 1. The van der Waals surface area contributed by atoms with Crippen LogP contribution in [0.4, 0.5) is 0 Å². The lowest BCUT2D eigenvalue weighted by Gasteiger charge is -2.22. The summed E-state index contributed by atoms with van der Waals surface area (Å²) in [5.74, 6) is 1.08. The van der Waals surface area contributed by atoms with Gasteiger partial charge in [-0.1, -0.05) is 0 Å². The van der Waals surface area contributed by atoms with Crippen LogP contribution in [0.15, 0.2) is 49.3 Å². The first-order valence-corrected chi connectivity index (χ1v) is 9.71. The van der Waals surface area contributed by atoms with Gasteiger partial charge in [0.2, 0.25) is 0 Å². The van der Waals surface area contributed by atoms with E-state index >= 15 is 0 Å². The van der Waals surface area contributed by atoms with Crippen LogP contribution in [0.3, 0.4) is 0 Å². The molecular weight excluding hydrogens is 354 g/mol. The van der Waals surface area contributed by atoms with E-state index in [1.165, 1.54) is 0 Å². The number of benzene rings is 1. The number of hydrogen-bond donors (Lipinski definition) is 0. The van der Waals surface area contributed by atoms with Crippen LogP contribution >= 0.6 is 0 Å². The fourth-order valence-corrected chi connectivity index (χ4v) is 3.58. The molecule has 0 spiro atoms. The van der Waals surface area contributed by atoms with Crippen LogP contribution < -0.4 is 0 Å². The number of imidazole rings is 1. The molecular formula is C20H25N7O. The Balaban J connectivity index is 1.38. The molecule has 0 atom stereocenters. The molecule has 4 rings (SSSR count). The van der Waals surface area contributed by atoms with Gasteiger partial charge in [0.15, 0.2) is 0 Å². The molecule has 0 bridgehead atoms. The molecule has 1 saturated heterocycles. The Morgan fingerprint density at radius 2 is 1.96 bits per heavy atom. The average molecular weight is 379 g/mol. The van der Waals surface area contributed by atoms with Gasteiger partial charge >= 0.3 is 0 Å². The molecule has 3 heterocycles. The summed E-state index contributed by atoms with van der Waals surface area (Å²) >= 11 is 0. The Kier molecular flexibility index (Phi) is 5.48. The van der Waals surface area contributed by atoms with E-state index in [0.717, 1.165) is 62.8 Å². The second-order valence-corrected chi connectivity index (χ2v) is 6.93. The third-order valence-corrected chi connectivity index (χ3v) is 5.15. The molecule has 1 amide bonds. The van der Waals surface area contributed by atoms with Gasteiger partial charge < -0.3 is 9.47 Å². The van der Waals surface area contributed by atoms with Crippen LogP contribution in [0, 0.1) is 0 Å². The molecule has 8 nitrogen and oxygen atoms in total. The van der Waals surface area contributed by atoms with Gasteiger partial charge in [-0.05, 0) is 37.6 Å². The first-order chi connectivity index (χ1) is 13.7. The lowest BCUT2D eigenvalue weighted by molar-refractivity contribution is 0.0761. The largest absolute Gasteiger partial charge is 0.337 e. The van der Waals surface area contributed by atoms with Crippen molar-refractivity contribution in [2.45, 2.75) is 26.4 Å². The molecule has 0 N–H and O–H groups in total. The molecule has 1 fully saturated rings. The molecule has 0 unspecified atom stereocenters. The van der Waals surface area contributed by atoms with Crippen molar-refractivity contribution < 1.29 is 4.79 Å². The van der Waals surface area contributed by atoms with Gasteiger partial charge in [-0.3, -0.25) is 9.69 Å². The van der Waals surface area contributed by atoms with E-state index in [1.54, 1.807) is 18.9 Å². The van der Waals surface area contributed by atoms with E-state index in [2.05, 4.69) is 26.9 Å². The summed E-state index contributed by atoms with van der Waals surface area (Å²) in [4.78, 5) is 25.7. The molecule has 28 heavy (non-hydrogen) atoms. The maximum absolute atomic E-state index is 12.9. The van der Waals surface area contributed by atoms with Crippen LogP contribution in [0.5, 0.6) is 0 Å². The van der Waals surface area contributed by atoms with Gasteiger partial charge in [-0.2, -0.15) is 5.10 Å². The molecule has 1 aromatic carbocycles. The van der Waals surface area contributed by atoms with Crippen LogP contribution in [0.1, 0.15) is 29.5 Å². The smallest absolute Gasteiger partial charge is 0.253 e. The van der Waals surface area contributed by atoms with E-state index < -0.39 is 0 Å². The Morgan fingerprint density at radius 1 is 1.11 bits per heavy atom. The van der Waals surface area contributed by atoms with Crippen molar-refractivity contribution >= 4 is 5.91 Å². The number of carbonyl (C=O) groups excluding carboxylic acids is 1. The van der Waals surface area contributed by atoms with Crippen LogP contribution in [0.25, 0.3) is 5.69 Å². The number of rotatable bonds is 5. The predicted octanol–water partition coefficient (Wildman–Crippen LogP) is 1.83. The number of aryl methyl sites for hydroxylation is 1. The van der Waals surface area contributed by atoms with E-state index in [1.807, 2.05) is 44.6 Å². The maximum Gasteiger partial charge on any atom is 0.253 e. The molecule has 1 aliphatic rings. The van der Waals surface area contributed by atoms with Gasteiger partial charge in [-0.25, -0.2) is 14.6 Å². The second kappa shape index (κ2) is 8.35. The topological polar surface area (TPSA) is 72.1 Å². The van der Waals surface area contributed by atoms with E-state index in [-0.39, 0.29) is 5.91 Å². The van der Waals surface area contributed by atoms with Crippen molar-refractivity contribution in [1.29, 1.82) is 0 Å². The lowest BCUT2D eigenvalue weighted by Crippen LogP contribution is -2.35. The summed E-state index contributed by atoms with van der Waals surface area (Å²) < 4.78 is 3.85. The van der Waals surface area contributed by atoms with Crippen molar-refractivity contribution in [3.05, 3.63) is 60.7 Å². The number of amides is 1. The molecule has 8 heteroatoms. The average Bonchev–Trinajstić information content (AvgIpc) is 3.36. The monoisotopic (exact) mass is 379 g/mol. The standard InChI is InChI=1S/C20H25N7O/c1-2-27-19(22-15-23-27)14-24-9-3-10-25(13-12-24)20(28)17-4-6-18(7-5-17)26-11-8-21-16-26/h4-8,11,15-16H,2-3,9-10,12-14H2,1H3. The van der Waals surface area contributed by atoms with Crippen LogP contribution in [-0.4, -0.2) is 66.2 Å². The highest BCUT2D eigenvalue weighted by Crippen LogP contribution is 2.14. The number of hydrogen-bond acceptors (Lipinski definition) is 5. The normalized spacial score (nSPS) is 15.5. The highest BCUT2D eigenvalue weighted by molar-refractivity contribution is 5.94. The molecule has 0 aliphatic carbocycles. The second-order valence-electron chi connectivity index (χ2n) is 6.93. The van der Waals surface area contributed by atoms with E-state index in [0.29, 0.717) is 0 Å². The molecule has 2 aromatic heterocycles. The zero-order valence-corrected chi connectivity index (χ0v) is 16.1. The molecule has 0 radical (unpaired) electrons. The Bertz CT molecular complexity index is 901. The van der Waals surface area contributed by atoms with Crippen molar-refractivity contribution in [3.8, 4) is 5.69 Å². The van der Waals surface area contributed by atoms with Crippen molar-refractivity contribution in [2.24, 2.45) is 0 Å². The zero-order valence-electron chi connectivity index (χ0n) is 16.1. The highest BCUT2D eigenvalue weighted by Gasteiger charge is 2.21. The minimum atomic E-state index is 0.0933. The Hall–Kier alpha value is -3.00. The fourth-order valence-electron chi connectivity index (χ4n) is 3.58. The number of aromatic nitrogens is 5. The summed E-state index contributed by atoms with van der Waals surface area (Å²) in [6, 6.07) is 7.70. The van der Waals surface area contributed by atoms with Crippen molar-refractivity contribution in [3.63, 3.8) is 0 Å². The molecule has 0 saturated carbocycles. The maximum atomic E-state index is 12.9. The van der Waals surface area contributed by atoms with Crippen LogP contribution in [0.2, 0.25) is 0 Å². The van der Waals surface area contributed by atoms with Crippen molar-refractivity contribution in [1.82, 2.24) is 34.1 Å². The van der Waals surface area contributed by atoms with E-state index in [9.17, 15) is 4.79 Å². The van der Waals surface area contributed by atoms with Gasteiger partial charge in [0.25, 0.3) is 5.91 Å². The molecule has 3 aromatic rings. The fraction of sp³-hybridized carbons (Fsp3) is 0.400. The van der Waals surface area contributed by atoms with Gasteiger partial charge in [-0.15, -0.1) is 0 Å². The third kappa shape index (κ3) is 3.96. The third-order valence-electron chi connectivity index (χ3n) is 5.15. The van der Waals surface area contributed by atoms with Gasteiger partial charge in [0.05, 0.1) is 12.9 Å². The van der Waals surface area contributed by atoms with Gasteiger partial charge in [0.1, 0.15) is 12.2 Å². The van der Waals surface area contributed by atoms with E-state index in [4.69, 9.17) is 0 Å². The predicted molar refractivity (Wildman–Crippen MR) is 105 cm³/mol. The number of nitrogens with zero attached hydrogens (tertiary/aromatic N) is 7. The first kappa shape index (κ1) is 18.4. The SMILES string of the molecule is CCn1ncnc1CN1CCCN(C(=O)c2ccc(-n3ccnc3)cc2)CC1. The summed E-state index contributed by atoms with van der Waals surface area (Å²) in [6.45, 7) is 6.97. The summed E-state index contributed by atoms with van der Waals surface area (Å²) in [6.07, 6.45) is 7.95.